The second-order valence-corrected chi connectivity index (χ2v) is 9.84. The van der Waals surface area contributed by atoms with Crippen molar-refractivity contribution in [1.29, 1.82) is 0 Å². The number of nitrogens with one attached hydrogen (secondary N) is 1. The monoisotopic (exact) mass is 466 g/mol. The molecule has 1 aliphatic heterocycles. The van der Waals surface area contributed by atoms with Crippen molar-refractivity contribution in [2.24, 2.45) is 0 Å². The number of carbonyl (C=O) groups is 3. The number of fused-ring (bicyclic) bond motifs is 1. The largest absolute Gasteiger partial charge is 0.444 e. The summed E-state index contributed by atoms with van der Waals surface area (Å²) in [6.07, 6.45) is 4.34. The van der Waals surface area contributed by atoms with Crippen LogP contribution in [-0.2, 0) is 4.74 Å². The van der Waals surface area contributed by atoms with Crippen molar-refractivity contribution < 1.29 is 19.1 Å². The average molecular weight is 467 g/mol. The van der Waals surface area contributed by atoms with E-state index >= 15 is 0 Å². The number of hydrogen-bond donors (Lipinski definition) is 1. The van der Waals surface area contributed by atoms with Crippen LogP contribution in [0.5, 0.6) is 0 Å². The maximum Gasteiger partial charge on any atom is 0.412 e. The molecule has 4 rings (SSSR count). The molecule has 0 spiro atoms. The Morgan fingerprint density at radius 1 is 1.15 bits per heavy atom. The lowest BCUT2D eigenvalue weighted by molar-refractivity contribution is 0.0173. The zero-order valence-electron chi connectivity index (χ0n) is 18.9. The molecular formula is C24H26N4O4S. The Kier molecular flexibility index (Phi) is 6.16. The fourth-order valence-electron chi connectivity index (χ4n) is 3.87. The van der Waals surface area contributed by atoms with Crippen molar-refractivity contribution in [3.05, 3.63) is 66.1 Å². The lowest BCUT2D eigenvalue weighted by atomic mass is 10.0. The highest BCUT2D eigenvalue weighted by molar-refractivity contribution is 7.99. The minimum absolute atomic E-state index is 0.237. The summed E-state index contributed by atoms with van der Waals surface area (Å²) >= 11 is 1.49. The summed E-state index contributed by atoms with van der Waals surface area (Å²) in [6.45, 7) is 5.38. The van der Waals surface area contributed by atoms with Gasteiger partial charge in [-0.1, -0.05) is 24.3 Å². The van der Waals surface area contributed by atoms with E-state index in [1.54, 1.807) is 57.6 Å². The van der Waals surface area contributed by atoms with Crippen LogP contribution in [0.4, 0.5) is 9.59 Å². The molecule has 0 bridgehead atoms. The van der Waals surface area contributed by atoms with Gasteiger partial charge in [0.25, 0.3) is 0 Å². The maximum atomic E-state index is 13.8. The standard InChI is InChI=1S/C24H26N4O4S/c1-24(2,3)32-23(31)28-19(14-33-21(28)15-8-7-11-26-12-15)20(29)17-13-27(22(30)25-4)18-10-6-5-9-16(17)18/h5-13,19,21H,14H2,1-4H3,(H,25,30)/t19-,21?/m0/s1. The fraction of sp³-hybridized carbons (Fsp3) is 0.333. The smallest absolute Gasteiger partial charge is 0.412 e. The second kappa shape index (κ2) is 8.90. The summed E-state index contributed by atoms with van der Waals surface area (Å²) in [6, 6.07) is 9.81. The number of thioether (sulfide) groups is 1. The van der Waals surface area contributed by atoms with Crippen molar-refractivity contribution in [2.75, 3.05) is 12.8 Å². The number of ketones is 1. The van der Waals surface area contributed by atoms with Crippen LogP contribution in [0.25, 0.3) is 10.9 Å². The number of Topliss-reactive ketones (excluding diaryl/α,β-unsaturated/α-hetero) is 1. The number of ether oxygens (including phenoxy) is 1. The van der Waals surface area contributed by atoms with Crippen LogP contribution in [0.1, 0.15) is 42.1 Å². The second-order valence-electron chi connectivity index (χ2n) is 8.72. The van der Waals surface area contributed by atoms with Gasteiger partial charge in [-0.15, -0.1) is 11.8 Å². The average Bonchev–Trinajstić information content (AvgIpc) is 3.40. The first-order valence-electron chi connectivity index (χ1n) is 10.6. The Bertz CT molecular complexity index is 1200. The molecule has 1 fully saturated rings. The lowest BCUT2D eigenvalue weighted by Gasteiger charge is -2.31. The van der Waals surface area contributed by atoms with Gasteiger partial charge in [-0.3, -0.25) is 19.2 Å². The number of aromatic nitrogens is 2. The molecule has 33 heavy (non-hydrogen) atoms. The van der Waals surface area contributed by atoms with Gasteiger partial charge in [0, 0.05) is 47.9 Å². The first-order chi connectivity index (χ1) is 15.7. The van der Waals surface area contributed by atoms with E-state index in [9.17, 15) is 14.4 Å². The van der Waals surface area contributed by atoms with Gasteiger partial charge in [-0.05, 0) is 32.9 Å². The van der Waals surface area contributed by atoms with Crippen LogP contribution < -0.4 is 5.32 Å². The molecule has 2 aromatic heterocycles. The van der Waals surface area contributed by atoms with Gasteiger partial charge in [0.05, 0.1) is 5.52 Å². The highest BCUT2D eigenvalue weighted by atomic mass is 32.2. The van der Waals surface area contributed by atoms with Crippen LogP contribution in [0.2, 0.25) is 0 Å². The molecule has 2 atom stereocenters. The van der Waals surface area contributed by atoms with E-state index in [-0.39, 0.29) is 11.8 Å². The SMILES string of the molecule is CNC(=O)n1cc(C(=O)[C@@H]2CSC(c3cccnc3)N2C(=O)OC(C)(C)C)c2ccccc21. The topological polar surface area (TPSA) is 93.5 Å². The number of para-hydroxylation sites is 1. The summed E-state index contributed by atoms with van der Waals surface area (Å²) in [5.74, 6) is 0.163. The zero-order valence-corrected chi connectivity index (χ0v) is 19.8. The summed E-state index contributed by atoms with van der Waals surface area (Å²) in [5.41, 5.74) is 1.11. The van der Waals surface area contributed by atoms with E-state index < -0.39 is 23.1 Å². The molecule has 1 unspecified atom stereocenters. The van der Waals surface area contributed by atoms with E-state index in [2.05, 4.69) is 10.3 Å². The van der Waals surface area contributed by atoms with Crippen LogP contribution in [0.3, 0.4) is 0 Å². The molecule has 1 aliphatic rings. The van der Waals surface area contributed by atoms with Crippen LogP contribution >= 0.6 is 11.8 Å². The Balaban J connectivity index is 1.76. The number of pyridine rings is 1. The summed E-state index contributed by atoms with van der Waals surface area (Å²) in [5, 5.41) is 2.84. The van der Waals surface area contributed by atoms with E-state index in [1.165, 1.54) is 28.3 Å². The Hall–Kier alpha value is -3.33. The molecule has 2 amide bonds. The molecule has 3 heterocycles. The van der Waals surface area contributed by atoms with E-state index in [0.29, 0.717) is 22.2 Å². The minimum Gasteiger partial charge on any atom is -0.444 e. The number of benzene rings is 1. The van der Waals surface area contributed by atoms with Crippen molar-refractivity contribution in [2.45, 2.75) is 37.8 Å². The predicted molar refractivity (Wildman–Crippen MR) is 127 cm³/mol. The summed E-state index contributed by atoms with van der Waals surface area (Å²) in [7, 11) is 1.54. The number of hydrogen-bond acceptors (Lipinski definition) is 6. The van der Waals surface area contributed by atoms with Gasteiger partial charge < -0.3 is 10.1 Å². The predicted octanol–water partition coefficient (Wildman–Crippen LogP) is 4.46. The van der Waals surface area contributed by atoms with Gasteiger partial charge in [-0.25, -0.2) is 9.59 Å². The van der Waals surface area contributed by atoms with Gasteiger partial charge >= 0.3 is 12.1 Å². The molecule has 1 N–H and O–H groups in total. The van der Waals surface area contributed by atoms with Gasteiger partial charge in [0.15, 0.2) is 5.78 Å². The lowest BCUT2D eigenvalue weighted by Crippen LogP contribution is -2.45. The molecule has 0 saturated carbocycles. The molecule has 0 radical (unpaired) electrons. The zero-order chi connectivity index (χ0) is 23.8. The minimum atomic E-state index is -0.751. The third-order valence-corrected chi connectivity index (χ3v) is 6.61. The van der Waals surface area contributed by atoms with Gasteiger partial charge in [0.2, 0.25) is 0 Å². The van der Waals surface area contributed by atoms with Crippen molar-refractivity contribution in [3.63, 3.8) is 0 Å². The normalized spacial score (nSPS) is 18.4. The van der Waals surface area contributed by atoms with Crippen molar-refractivity contribution >= 4 is 40.6 Å². The van der Waals surface area contributed by atoms with E-state index in [0.717, 1.165) is 5.56 Å². The number of carbonyl (C=O) groups excluding carboxylic acids is 3. The summed E-state index contributed by atoms with van der Waals surface area (Å²) < 4.78 is 7.09. The third kappa shape index (κ3) is 4.45. The molecule has 0 aliphatic carbocycles. The van der Waals surface area contributed by atoms with E-state index in [4.69, 9.17) is 4.74 Å². The van der Waals surface area contributed by atoms with Crippen LogP contribution in [0, 0.1) is 0 Å². The molecule has 8 nitrogen and oxygen atoms in total. The number of rotatable bonds is 3. The molecule has 172 valence electrons. The Labute approximate surface area is 196 Å². The maximum absolute atomic E-state index is 13.8. The molecule has 3 aromatic rings. The van der Waals surface area contributed by atoms with Crippen LogP contribution in [-0.4, -0.2) is 56.8 Å². The Morgan fingerprint density at radius 2 is 1.91 bits per heavy atom. The molecule has 9 heteroatoms. The summed E-state index contributed by atoms with van der Waals surface area (Å²) in [4.78, 5) is 45.2. The first kappa shape index (κ1) is 22.8. The Morgan fingerprint density at radius 3 is 2.58 bits per heavy atom. The quantitative estimate of drug-likeness (QED) is 0.573. The molecule has 1 aromatic carbocycles. The van der Waals surface area contributed by atoms with Gasteiger partial charge in [0.1, 0.15) is 17.0 Å². The third-order valence-electron chi connectivity index (χ3n) is 5.29. The molecule has 1 saturated heterocycles. The van der Waals surface area contributed by atoms with E-state index in [1.807, 2.05) is 18.2 Å². The molecular weight excluding hydrogens is 440 g/mol. The van der Waals surface area contributed by atoms with Crippen molar-refractivity contribution in [1.82, 2.24) is 19.8 Å². The van der Waals surface area contributed by atoms with Gasteiger partial charge in [-0.2, -0.15) is 0 Å². The number of nitrogens with zero attached hydrogens (tertiary/aromatic N) is 3. The first-order valence-corrected chi connectivity index (χ1v) is 11.7. The highest BCUT2D eigenvalue weighted by Crippen LogP contribution is 2.43. The number of amides is 2. The van der Waals surface area contributed by atoms with Crippen molar-refractivity contribution in [3.8, 4) is 0 Å². The fourth-order valence-corrected chi connectivity index (χ4v) is 5.27. The van der Waals surface area contributed by atoms with Crippen LogP contribution in [0.15, 0.2) is 55.0 Å². The highest BCUT2D eigenvalue weighted by Gasteiger charge is 2.45.